The van der Waals surface area contributed by atoms with Gasteiger partial charge in [0.2, 0.25) is 0 Å². The number of aromatic amines is 1. The minimum atomic E-state index is 1.04. The molecule has 0 aliphatic carbocycles. The van der Waals surface area contributed by atoms with Crippen molar-refractivity contribution in [1.82, 2.24) is 15.5 Å². The summed E-state index contributed by atoms with van der Waals surface area (Å²) in [5, 5.41) is 10.3. The highest BCUT2D eigenvalue weighted by Gasteiger charge is 2.08. The molecule has 0 atom stereocenters. The van der Waals surface area contributed by atoms with E-state index in [-0.39, 0.29) is 0 Å². The van der Waals surface area contributed by atoms with Gasteiger partial charge in [0.05, 0.1) is 5.69 Å². The smallest absolute Gasteiger partial charge is 0.0898 e. The molecule has 2 N–H and O–H groups in total. The molecule has 0 amide bonds. The van der Waals surface area contributed by atoms with E-state index in [2.05, 4.69) is 21.6 Å². The van der Waals surface area contributed by atoms with Crippen molar-refractivity contribution in [3.05, 3.63) is 23.7 Å². The Morgan fingerprint density at radius 2 is 2.45 bits per heavy atom. The zero-order valence-corrected chi connectivity index (χ0v) is 6.52. The van der Waals surface area contributed by atoms with Crippen LogP contribution in [0, 0.1) is 6.92 Å². The van der Waals surface area contributed by atoms with Crippen LogP contribution in [0.3, 0.4) is 0 Å². The van der Waals surface area contributed by atoms with Crippen molar-refractivity contribution in [3.8, 4) is 0 Å². The number of hydrogen-bond acceptors (Lipinski definition) is 2. The van der Waals surface area contributed by atoms with Gasteiger partial charge in [-0.3, -0.25) is 5.10 Å². The molecule has 0 saturated carbocycles. The Hall–Kier alpha value is -1.25. The predicted molar refractivity (Wildman–Crippen MR) is 43.9 cm³/mol. The van der Waals surface area contributed by atoms with Gasteiger partial charge in [0.15, 0.2) is 0 Å². The highest BCUT2D eigenvalue weighted by Crippen LogP contribution is 2.18. The van der Waals surface area contributed by atoms with Gasteiger partial charge in [-0.25, -0.2) is 0 Å². The Balaban J connectivity index is 2.28. The van der Waals surface area contributed by atoms with E-state index in [4.69, 9.17) is 0 Å². The Kier molecular flexibility index (Phi) is 1.42. The van der Waals surface area contributed by atoms with E-state index in [1.54, 1.807) is 0 Å². The highest BCUT2D eigenvalue weighted by molar-refractivity contribution is 5.64. The second-order valence-electron chi connectivity index (χ2n) is 2.81. The fourth-order valence-electron chi connectivity index (χ4n) is 1.26. The Morgan fingerprint density at radius 3 is 3.00 bits per heavy atom. The molecule has 0 unspecified atom stereocenters. The largest absolute Gasteiger partial charge is 0.390 e. The molecular formula is C8H11N3. The third kappa shape index (κ3) is 1.13. The van der Waals surface area contributed by atoms with E-state index >= 15 is 0 Å². The monoisotopic (exact) mass is 149 g/mol. The zero-order chi connectivity index (χ0) is 7.68. The fourth-order valence-corrected chi connectivity index (χ4v) is 1.26. The molecule has 0 spiro atoms. The molecule has 1 aliphatic heterocycles. The molecule has 1 aromatic rings. The van der Waals surface area contributed by atoms with Crippen LogP contribution in [0.25, 0.3) is 5.57 Å². The molecular weight excluding hydrogens is 138 g/mol. The van der Waals surface area contributed by atoms with Gasteiger partial charge >= 0.3 is 0 Å². The normalized spacial score (nSPS) is 16.3. The standard InChI is InChI=1S/C8H11N3/c1-6-4-8(11-10-6)7-2-3-9-5-7/h4-5,9H,2-3H2,1H3,(H,10,11). The van der Waals surface area contributed by atoms with Crippen LogP contribution in [0.15, 0.2) is 12.3 Å². The minimum absolute atomic E-state index is 1.04. The number of hydrogen-bond donors (Lipinski definition) is 2. The molecule has 0 radical (unpaired) electrons. The predicted octanol–water partition coefficient (Wildman–Crippen LogP) is 1.05. The van der Waals surface area contributed by atoms with Crippen molar-refractivity contribution in [2.24, 2.45) is 0 Å². The van der Waals surface area contributed by atoms with Crippen LogP contribution in [0.1, 0.15) is 17.8 Å². The topological polar surface area (TPSA) is 40.7 Å². The molecule has 0 bridgehead atoms. The number of aromatic nitrogens is 2. The van der Waals surface area contributed by atoms with E-state index in [0.717, 1.165) is 24.4 Å². The van der Waals surface area contributed by atoms with E-state index < -0.39 is 0 Å². The summed E-state index contributed by atoms with van der Waals surface area (Å²) in [5.74, 6) is 0. The maximum Gasteiger partial charge on any atom is 0.0898 e. The lowest BCUT2D eigenvalue weighted by Gasteiger charge is -1.90. The third-order valence-corrected chi connectivity index (χ3v) is 1.85. The number of rotatable bonds is 1. The van der Waals surface area contributed by atoms with Crippen molar-refractivity contribution in [1.29, 1.82) is 0 Å². The Bertz CT molecular complexity index is 285. The van der Waals surface area contributed by atoms with E-state index in [0.29, 0.717) is 0 Å². The van der Waals surface area contributed by atoms with Crippen LogP contribution in [0.2, 0.25) is 0 Å². The maximum absolute atomic E-state index is 4.16. The van der Waals surface area contributed by atoms with Crippen LogP contribution in [0.4, 0.5) is 0 Å². The summed E-state index contributed by atoms with van der Waals surface area (Å²) in [7, 11) is 0. The molecule has 0 aromatic carbocycles. The molecule has 2 rings (SSSR count). The van der Waals surface area contributed by atoms with Crippen LogP contribution < -0.4 is 5.32 Å². The first-order valence-electron chi connectivity index (χ1n) is 3.81. The van der Waals surface area contributed by atoms with Gasteiger partial charge in [0.25, 0.3) is 0 Å². The van der Waals surface area contributed by atoms with Crippen molar-refractivity contribution >= 4 is 5.57 Å². The van der Waals surface area contributed by atoms with Crippen molar-refractivity contribution in [2.45, 2.75) is 13.3 Å². The SMILES string of the molecule is Cc1cc(C2=CNCC2)n[nH]1. The Morgan fingerprint density at radius 1 is 1.55 bits per heavy atom. The number of nitrogens with one attached hydrogen (secondary N) is 2. The second-order valence-corrected chi connectivity index (χ2v) is 2.81. The summed E-state index contributed by atoms with van der Waals surface area (Å²) in [6, 6.07) is 2.07. The molecule has 3 heteroatoms. The summed E-state index contributed by atoms with van der Waals surface area (Å²) in [6.45, 7) is 3.06. The lowest BCUT2D eigenvalue weighted by Crippen LogP contribution is -1.96. The third-order valence-electron chi connectivity index (χ3n) is 1.85. The van der Waals surface area contributed by atoms with Gasteiger partial charge in [-0.2, -0.15) is 5.10 Å². The van der Waals surface area contributed by atoms with Gasteiger partial charge in [0.1, 0.15) is 0 Å². The first kappa shape index (κ1) is 6.46. The molecule has 58 valence electrons. The number of aryl methyl sites for hydroxylation is 1. The quantitative estimate of drug-likeness (QED) is 0.626. The van der Waals surface area contributed by atoms with Crippen LogP contribution >= 0.6 is 0 Å². The maximum atomic E-state index is 4.16. The molecule has 3 nitrogen and oxygen atoms in total. The number of H-pyrrole nitrogens is 1. The fraction of sp³-hybridized carbons (Fsp3) is 0.375. The molecule has 1 aromatic heterocycles. The summed E-state index contributed by atoms with van der Waals surface area (Å²) in [4.78, 5) is 0. The second kappa shape index (κ2) is 2.42. The molecule has 2 heterocycles. The van der Waals surface area contributed by atoms with Gasteiger partial charge in [-0.15, -0.1) is 0 Å². The summed E-state index contributed by atoms with van der Waals surface area (Å²) in [6.07, 6.45) is 3.12. The average molecular weight is 149 g/mol. The van der Waals surface area contributed by atoms with Gasteiger partial charge < -0.3 is 5.32 Å². The molecule has 0 fully saturated rings. The van der Waals surface area contributed by atoms with Gasteiger partial charge in [0, 0.05) is 18.4 Å². The van der Waals surface area contributed by atoms with Crippen LogP contribution in [-0.2, 0) is 0 Å². The molecule has 0 saturated heterocycles. The first-order valence-corrected chi connectivity index (χ1v) is 3.81. The lowest BCUT2D eigenvalue weighted by molar-refractivity contribution is 0.917. The van der Waals surface area contributed by atoms with Crippen molar-refractivity contribution in [2.75, 3.05) is 6.54 Å². The van der Waals surface area contributed by atoms with E-state index in [1.165, 1.54) is 5.57 Å². The van der Waals surface area contributed by atoms with Crippen molar-refractivity contribution < 1.29 is 0 Å². The van der Waals surface area contributed by atoms with Crippen molar-refractivity contribution in [3.63, 3.8) is 0 Å². The summed E-state index contributed by atoms with van der Waals surface area (Å²) < 4.78 is 0. The lowest BCUT2D eigenvalue weighted by atomic mass is 10.2. The summed E-state index contributed by atoms with van der Waals surface area (Å²) >= 11 is 0. The average Bonchev–Trinajstić information content (AvgIpc) is 2.55. The summed E-state index contributed by atoms with van der Waals surface area (Å²) in [5.41, 5.74) is 3.50. The first-order chi connectivity index (χ1) is 5.36. The van der Waals surface area contributed by atoms with Crippen LogP contribution in [-0.4, -0.2) is 16.7 Å². The van der Waals surface area contributed by atoms with Crippen LogP contribution in [0.5, 0.6) is 0 Å². The van der Waals surface area contributed by atoms with Gasteiger partial charge in [-0.05, 0) is 25.0 Å². The Labute approximate surface area is 65.5 Å². The van der Waals surface area contributed by atoms with E-state index in [9.17, 15) is 0 Å². The van der Waals surface area contributed by atoms with E-state index in [1.807, 2.05) is 13.1 Å². The molecule has 1 aliphatic rings. The van der Waals surface area contributed by atoms with Gasteiger partial charge in [-0.1, -0.05) is 0 Å². The highest BCUT2D eigenvalue weighted by atomic mass is 15.1. The molecule has 11 heavy (non-hydrogen) atoms. The minimum Gasteiger partial charge on any atom is -0.390 e. The zero-order valence-electron chi connectivity index (χ0n) is 6.52. The number of nitrogens with zero attached hydrogens (tertiary/aromatic N) is 1.